The van der Waals surface area contributed by atoms with E-state index in [1.807, 2.05) is 18.2 Å². The average Bonchev–Trinajstić information content (AvgIpc) is 3.04. The van der Waals surface area contributed by atoms with Gasteiger partial charge >= 0.3 is 12.0 Å². The zero-order valence-corrected chi connectivity index (χ0v) is 11.6. The van der Waals surface area contributed by atoms with Gasteiger partial charge in [-0.05, 0) is 42.5 Å². The number of hydrogen-bond donors (Lipinski definition) is 3. The van der Waals surface area contributed by atoms with Crippen LogP contribution in [0, 0.1) is 0 Å². The summed E-state index contributed by atoms with van der Waals surface area (Å²) >= 11 is 0. The van der Waals surface area contributed by atoms with Crippen LogP contribution in [0.25, 0.3) is 0 Å². The molecule has 2 unspecified atom stereocenters. The van der Waals surface area contributed by atoms with Gasteiger partial charge < -0.3 is 20.4 Å². The molecule has 1 aromatic carbocycles. The zero-order valence-electron chi connectivity index (χ0n) is 11.6. The normalized spacial score (nSPS) is 24.0. The number of nitrogens with zero attached hydrogens (tertiary/aromatic N) is 1. The summed E-state index contributed by atoms with van der Waals surface area (Å²) in [5.74, 6) is -1.09. The molecular weight excluding hydrogens is 272 g/mol. The minimum Gasteiger partial charge on any atom is -0.480 e. The summed E-state index contributed by atoms with van der Waals surface area (Å²) in [4.78, 5) is 24.5. The van der Waals surface area contributed by atoms with Crippen LogP contribution in [-0.2, 0) is 17.6 Å². The number of likely N-dealkylation sites (tertiary alicyclic amines) is 1. The van der Waals surface area contributed by atoms with Crippen LogP contribution in [-0.4, -0.2) is 45.8 Å². The number of fused-ring (bicyclic) bond motifs is 1. The molecule has 0 bridgehead atoms. The summed E-state index contributed by atoms with van der Waals surface area (Å²) in [6, 6.07) is 4.35. The van der Waals surface area contributed by atoms with Gasteiger partial charge in [-0.2, -0.15) is 0 Å². The van der Waals surface area contributed by atoms with E-state index in [1.165, 1.54) is 16.0 Å². The molecule has 21 heavy (non-hydrogen) atoms. The van der Waals surface area contributed by atoms with Crippen molar-refractivity contribution in [3.05, 3.63) is 29.3 Å². The van der Waals surface area contributed by atoms with Crippen LogP contribution in [0.3, 0.4) is 0 Å². The maximum Gasteiger partial charge on any atom is 0.326 e. The number of carboxylic acid groups (broad SMARTS) is 1. The largest absolute Gasteiger partial charge is 0.480 e. The van der Waals surface area contributed by atoms with Gasteiger partial charge in [0.25, 0.3) is 0 Å². The second kappa shape index (κ2) is 5.37. The molecule has 2 amide bonds. The van der Waals surface area contributed by atoms with Gasteiger partial charge in [-0.25, -0.2) is 9.59 Å². The molecule has 6 heteroatoms. The first-order chi connectivity index (χ1) is 10.0. The summed E-state index contributed by atoms with van der Waals surface area (Å²) in [6.07, 6.45) is 2.51. The fourth-order valence-corrected chi connectivity index (χ4v) is 3.12. The van der Waals surface area contributed by atoms with E-state index in [0.717, 1.165) is 19.3 Å². The number of aliphatic hydroxyl groups is 1. The lowest BCUT2D eigenvalue weighted by molar-refractivity contribution is -0.141. The molecule has 1 fully saturated rings. The maximum absolute atomic E-state index is 12.2. The average molecular weight is 290 g/mol. The number of carbonyl (C=O) groups is 2. The number of carbonyl (C=O) groups excluding carboxylic acids is 1. The quantitative estimate of drug-likeness (QED) is 0.764. The van der Waals surface area contributed by atoms with Crippen LogP contribution in [0.15, 0.2) is 18.2 Å². The smallest absolute Gasteiger partial charge is 0.326 e. The van der Waals surface area contributed by atoms with Crippen LogP contribution in [0.4, 0.5) is 10.5 Å². The standard InChI is InChI=1S/C15H18N2O4/c18-12-7-13(14(19)20)17(8-12)15(21)16-11-5-4-9-2-1-3-10(9)6-11/h4-6,12-13,18H,1-3,7-8H2,(H,16,21)(H,19,20). The molecule has 0 spiro atoms. The molecule has 3 rings (SSSR count). The van der Waals surface area contributed by atoms with E-state index in [1.54, 1.807) is 0 Å². The lowest BCUT2D eigenvalue weighted by atomic mass is 10.1. The van der Waals surface area contributed by atoms with E-state index in [9.17, 15) is 14.7 Å². The van der Waals surface area contributed by atoms with Crippen LogP contribution >= 0.6 is 0 Å². The number of amides is 2. The van der Waals surface area contributed by atoms with Gasteiger partial charge in [0, 0.05) is 18.7 Å². The predicted molar refractivity (Wildman–Crippen MR) is 76.2 cm³/mol. The van der Waals surface area contributed by atoms with Crippen LogP contribution in [0.1, 0.15) is 24.0 Å². The molecule has 112 valence electrons. The number of urea groups is 1. The number of carboxylic acids is 1. The molecule has 1 aliphatic carbocycles. The number of nitrogens with one attached hydrogen (secondary N) is 1. The number of aliphatic hydroxyl groups excluding tert-OH is 1. The van der Waals surface area contributed by atoms with Gasteiger partial charge in [-0.3, -0.25) is 0 Å². The van der Waals surface area contributed by atoms with Gasteiger partial charge in [0.2, 0.25) is 0 Å². The summed E-state index contributed by atoms with van der Waals surface area (Å²) in [5.41, 5.74) is 3.23. The molecule has 2 atom stereocenters. The first-order valence-electron chi connectivity index (χ1n) is 7.15. The van der Waals surface area contributed by atoms with Crippen molar-refractivity contribution in [1.82, 2.24) is 4.90 Å². The van der Waals surface area contributed by atoms with Crippen molar-refractivity contribution < 1.29 is 19.8 Å². The second-order valence-corrected chi connectivity index (χ2v) is 5.66. The molecule has 2 aliphatic rings. The lowest BCUT2D eigenvalue weighted by Crippen LogP contribution is -2.43. The number of benzene rings is 1. The van der Waals surface area contributed by atoms with Gasteiger partial charge in [0.15, 0.2) is 0 Å². The third-order valence-electron chi connectivity index (χ3n) is 4.17. The molecule has 0 aromatic heterocycles. The SMILES string of the molecule is O=C(O)C1CC(O)CN1C(=O)Nc1ccc2c(c1)CCC2. The number of anilines is 1. The topological polar surface area (TPSA) is 89.9 Å². The highest BCUT2D eigenvalue weighted by Gasteiger charge is 2.39. The first-order valence-corrected chi connectivity index (χ1v) is 7.15. The second-order valence-electron chi connectivity index (χ2n) is 5.66. The third kappa shape index (κ3) is 2.71. The molecule has 1 saturated heterocycles. The van der Waals surface area contributed by atoms with E-state index >= 15 is 0 Å². The van der Waals surface area contributed by atoms with Gasteiger partial charge in [0.05, 0.1) is 6.10 Å². The summed E-state index contributed by atoms with van der Waals surface area (Å²) in [5, 5.41) is 21.4. The highest BCUT2D eigenvalue weighted by atomic mass is 16.4. The van der Waals surface area contributed by atoms with Crippen LogP contribution in [0.5, 0.6) is 0 Å². The van der Waals surface area contributed by atoms with E-state index in [4.69, 9.17) is 5.11 Å². The van der Waals surface area contributed by atoms with E-state index in [2.05, 4.69) is 5.32 Å². The third-order valence-corrected chi connectivity index (χ3v) is 4.17. The Morgan fingerprint density at radius 1 is 1.24 bits per heavy atom. The van der Waals surface area contributed by atoms with Crippen molar-refractivity contribution in [2.24, 2.45) is 0 Å². The maximum atomic E-state index is 12.2. The number of aliphatic carboxylic acids is 1. The molecule has 1 aliphatic heterocycles. The minimum atomic E-state index is -1.09. The highest BCUT2D eigenvalue weighted by Crippen LogP contribution is 2.26. The lowest BCUT2D eigenvalue weighted by Gasteiger charge is -2.21. The van der Waals surface area contributed by atoms with Crippen molar-refractivity contribution >= 4 is 17.7 Å². The minimum absolute atomic E-state index is 0.0493. The predicted octanol–water partition coefficient (Wildman–Crippen LogP) is 1.23. The molecule has 3 N–H and O–H groups in total. The number of rotatable bonds is 2. The monoisotopic (exact) mass is 290 g/mol. The molecular formula is C15H18N2O4. The Hall–Kier alpha value is -2.08. The fourth-order valence-electron chi connectivity index (χ4n) is 3.12. The van der Waals surface area contributed by atoms with Crippen LogP contribution in [0.2, 0.25) is 0 Å². The number of hydrogen-bond acceptors (Lipinski definition) is 3. The Kier molecular flexibility index (Phi) is 3.55. The Morgan fingerprint density at radius 3 is 2.76 bits per heavy atom. The molecule has 6 nitrogen and oxygen atoms in total. The van der Waals surface area contributed by atoms with Crippen molar-refractivity contribution in [1.29, 1.82) is 0 Å². The van der Waals surface area contributed by atoms with E-state index in [0.29, 0.717) is 5.69 Å². The van der Waals surface area contributed by atoms with E-state index < -0.39 is 24.1 Å². The van der Waals surface area contributed by atoms with Gasteiger partial charge in [-0.1, -0.05) is 6.07 Å². The number of aryl methyl sites for hydroxylation is 2. The van der Waals surface area contributed by atoms with Gasteiger partial charge in [0.1, 0.15) is 6.04 Å². The van der Waals surface area contributed by atoms with Gasteiger partial charge in [-0.15, -0.1) is 0 Å². The van der Waals surface area contributed by atoms with Crippen molar-refractivity contribution in [2.45, 2.75) is 37.8 Å². The van der Waals surface area contributed by atoms with Crippen LogP contribution < -0.4 is 5.32 Å². The van der Waals surface area contributed by atoms with Crippen molar-refractivity contribution in [3.63, 3.8) is 0 Å². The zero-order chi connectivity index (χ0) is 15.0. The Morgan fingerprint density at radius 2 is 2.00 bits per heavy atom. The molecule has 0 saturated carbocycles. The van der Waals surface area contributed by atoms with E-state index in [-0.39, 0.29) is 13.0 Å². The first kappa shape index (κ1) is 13.9. The Balaban J connectivity index is 1.72. The molecule has 1 aromatic rings. The summed E-state index contributed by atoms with van der Waals surface area (Å²) in [6.45, 7) is 0.0493. The Bertz CT molecular complexity index is 587. The summed E-state index contributed by atoms with van der Waals surface area (Å²) < 4.78 is 0. The highest BCUT2D eigenvalue weighted by molar-refractivity contribution is 5.93. The van der Waals surface area contributed by atoms with Crippen molar-refractivity contribution in [3.8, 4) is 0 Å². The molecule has 1 heterocycles. The fraction of sp³-hybridized carbons (Fsp3) is 0.467. The molecule has 0 radical (unpaired) electrons. The summed E-state index contributed by atoms with van der Waals surface area (Å²) in [7, 11) is 0. The number of β-amino-alcohol motifs (C(OH)–C–C–N with tert-alkyl or cyclic N) is 1. The van der Waals surface area contributed by atoms with Crippen molar-refractivity contribution in [2.75, 3.05) is 11.9 Å². The Labute approximate surface area is 122 Å².